The van der Waals surface area contributed by atoms with Crippen molar-refractivity contribution in [3.8, 4) is 5.75 Å². The normalized spacial score (nSPS) is 18.6. The van der Waals surface area contributed by atoms with Gasteiger partial charge in [0.1, 0.15) is 18.9 Å². The maximum atomic E-state index is 11.5. The van der Waals surface area contributed by atoms with Crippen molar-refractivity contribution in [3.05, 3.63) is 29.8 Å². The van der Waals surface area contributed by atoms with E-state index in [1.54, 1.807) is 25.3 Å². The van der Waals surface area contributed by atoms with Crippen LogP contribution in [0.1, 0.15) is 11.6 Å². The van der Waals surface area contributed by atoms with Crippen molar-refractivity contribution in [1.82, 2.24) is 4.90 Å². The molecule has 2 rings (SSSR count). The number of hydrogen-bond acceptors (Lipinski definition) is 4. The number of aliphatic carboxylic acids is 1. The van der Waals surface area contributed by atoms with Gasteiger partial charge >= 0.3 is 12.1 Å². The summed E-state index contributed by atoms with van der Waals surface area (Å²) in [6.45, 7) is -0.222. The second-order valence-electron chi connectivity index (χ2n) is 3.89. The van der Waals surface area contributed by atoms with Crippen LogP contribution in [0.5, 0.6) is 5.75 Å². The van der Waals surface area contributed by atoms with Gasteiger partial charge in [-0.15, -0.1) is 0 Å². The van der Waals surface area contributed by atoms with E-state index in [0.29, 0.717) is 5.75 Å². The zero-order chi connectivity index (χ0) is 13.1. The molecule has 0 spiro atoms. The first-order valence-electron chi connectivity index (χ1n) is 5.41. The molecule has 1 amide bonds. The van der Waals surface area contributed by atoms with Crippen molar-refractivity contribution in [1.29, 1.82) is 0 Å². The van der Waals surface area contributed by atoms with Gasteiger partial charge in [-0.3, -0.25) is 9.69 Å². The fourth-order valence-electron chi connectivity index (χ4n) is 1.90. The molecule has 0 aliphatic carbocycles. The summed E-state index contributed by atoms with van der Waals surface area (Å²) >= 11 is 0. The first kappa shape index (κ1) is 12.2. The predicted molar refractivity (Wildman–Crippen MR) is 61.4 cm³/mol. The van der Waals surface area contributed by atoms with Crippen LogP contribution in [0, 0.1) is 0 Å². The monoisotopic (exact) mass is 251 g/mol. The number of amides is 1. The highest BCUT2D eigenvalue weighted by molar-refractivity contribution is 5.78. The van der Waals surface area contributed by atoms with Crippen LogP contribution >= 0.6 is 0 Å². The van der Waals surface area contributed by atoms with E-state index in [9.17, 15) is 9.59 Å². The minimum atomic E-state index is -1.07. The standard InChI is InChI=1S/C12H13NO5/c1-17-9-4-2-3-8(5-9)10-7-18-12(16)13(10)6-11(14)15/h2-5,10H,6-7H2,1H3,(H,14,15)/t10-/m1/s1. The van der Waals surface area contributed by atoms with Gasteiger partial charge in [-0.2, -0.15) is 0 Å². The van der Waals surface area contributed by atoms with E-state index in [2.05, 4.69) is 0 Å². The first-order chi connectivity index (χ1) is 8.61. The van der Waals surface area contributed by atoms with Crippen molar-refractivity contribution in [3.63, 3.8) is 0 Å². The van der Waals surface area contributed by atoms with E-state index < -0.39 is 12.1 Å². The summed E-state index contributed by atoms with van der Waals surface area (Å²) in [6, 6.07) is 6.76. The molecule has 96 valence electrons. The highest BCUT2D eigenvalue weighted by Crippen LogP contribution is 2.29. The molecule has 1 heterocycles. The molecule has 1 aliphatic heterocycles. The van der Waals surface area contributed by atoms with Gasteiger partial charge in [0, 0.05) is 0 Å². The highest BCUT2D eigenvalue weighted by atomic mass is 16.6. The maximum Gasteiger partial charge on any atom is 0.411 e. The lowest BCUT2D eigenvalue weighted by molar-refractivity contribution is -0.137. The van der Waals surface area contributed by atoms with Crippen LogP contribution in [-0.2, 0) is 9.53 Å². The Hall–Kier alpha value is -2.24. The van der Waals surface area contributed by atoms with Gasteiger partial charge in [-0.25, -0.2) is 4.79 Å². The largest absolute Gasteiger partial charge is 0.497 e. The molecule has 1 N–H and O–H groups in total. The fraction of sp³-hybridized carbons (Fsp3) is 0.333. The second-order valence-corrected chi connectivity index (χ2v) is 3.89. The van der Waals surface area contributed by atoms with Crippen LogP contribution in [0.2, 0.25) is 0 Å². The van der Waals surface area contributed by atoms with Crippen LogP contribution in [0.3, 0.4) is 0 Å². The molecule has 0 unspecified atom stereocenters. The Labute approximate surface area is 104 Å². The molecule has 1 aromatic rings. The average molecular weight is 251 g/mol. The molecular formula is C12H13NO5. The van der Waals surface area contributed by atoms with Crippen molar-refractivity contribution in [2.75, 3.05) is 20.3 Å². The second kappa shape index (κ2) is 4.95. The Kier molecular flexibility index (Phi) is 3.36. The first-order valence-corrected chi connectivity index (χ1v) is 5.41. The SMILES string of the molecule is COc1cccc([C@H]2COC(=O)N2CC(=O)O)c1. The molecule has 1 saturated heterocycles. The lowest BCUT2D eigenvalue weighted by Crippen LogP contribution is -2.32. The van der Waals surface area contributed by atoms with Gasteiger partial charge in [-0.1, -0.05) is 12.1 Å². The highest BCUT2D eigenvalue weighted by Gasteiger charge is 2.35. The van der Waals surface area contributed by atoms with E-state index in [1.165, 1.54) is 4.90 Å². The van der Waals surface area contributed by atoms with Gasteiger partial charge in [-0.05, 0) is 17.7 Å². The minimum absolute atomic E-state index is 0.152. The summed E-state index contributed by atoms with van der Waals surface area (Å²) in [5.74, 6) is -0.413. The molecule has 0 saturated carbocycles. The summed E-state index contributed by atoms with van der Waals surface area (Å²) in [6.07, 6.45) is -0.606. The molecule has 1 aromatic carbocycles. The van der Waals surface area contributed by atoms with E-state index in [1.807, 2.05) is 6.07 Å². The molecule has 0 radical (unpaired) electrons. The summed E-state index contributed by atoms with van der Waals surface area (Å²) < 4.78 is 9.99. The Bertz CT molecular complexity index is 473. The lowest BCUT2D eigenvalue weighted by Gasteiger charge is -2.19. The Morgan fingerprint density at radius 1 is 1.61 bits per heavy atom. The lowest BCUT2D eigenvalue weighted by atomic mass is 10.1. The smallest absolute Gasteiger partial charge is 0.411 e. The van der Waals surface area contributed by atoms with Crippen LogP contribution in [0.4, 0.5) is 4.79 Å². The quantitative estimate of drug-likeness (QED) is 0.872. The van der Waals surface area contributed by atoms with Gasteiger partial charge in [0.05, 0.1) is 13.2 Å². The van der Waals surface area contributed by atoms with Gasteiger partial charge in [0.25, 0.3) is 0 Å². The number of methoxy groups -OCH3 is 1. The van der Waals surface area contributed by atoms with Crippen molar-refractivity contribution in [2.24, 2.45) is 0 Å². The number of cyclic esters (lactones) is 1. The molecule has 1 atom stereocenters. The van der Waals surface area contributed by atoms with E-state index in [4.69, 9.17) is 14.6 Å². The third-order valence-corrected chi connectivity index (χ3v) is 2.76. The summed E-state index contributed by atoms with van der Waals surface area (Å²) in [5.41, 5.74) is 0.793. The number of nitrogens with zero attached hydrogens (tertiary/aromatic N) is 1. The van der Waals surface area contributed by atoms with E-state index in [-0.39, 0.29) is 19.2 Å². The summed E-state index contributed by atoms with van der Waals surface area (Å²) in [5, 5.41) is 8.78. The number of rotatable bonds is 4. The zero-order valence-corrected chi connectivity index (χ0v) is 9.83. The summed E-state index contributed by atoms with van der Waals surface area (Å²) in [4.78, 5) is 23.4. The van der Waals surface area contributed by atoms with Gasteiger partial charge in [0.2, 0.25) is 0 Å². The molecule has 6 nitrogen and oxygen atoms in total. The van der Waals surface area contributed by atoms with Gasteiger partial charge in [0.15, 0.2) is 0 Å². The molecule has 0 aromatic heterocycles. The van der Waals surface area contributed by atoms with Gasteiger partial charge < -0.3 is 14.6 Å². The number of hydrogen-bond donors (Lipinski definition) is 1. The van der Waals surface area contributed by atoms with Crippen molar-refractivity contribution in [2.45, 2.75) is 6.04 Å². The molecule has 1 aliphatic rings. The number of carbonyl (C=O) groups is 2. The zero-order valence-electron chi connectivity index (χ0n) is 9.83. The molecule has 18 heavy (non-hydrogen) atoms. The van der Waals surface area contributed by atoms with Crippen molar-refractivity contribution >= 4 is 12.1 Å². The number of carboxylic acid groups (broad SMARTS) is 1. The van der Waals surface area contributed by atoms with E-state index in [0.717, 1.165) is 5.56 Å². The Balaban J connectivity index is 2.25. The number of ether oxygens (including phenoxy) is 2. The Morgan fingerprint density at radius 3 is 3.06 bits per heavy atom. The van der Waals surface area contributed by atoms with Crippen LogP contribution in [0.15, 0.2) is 24.3 Å². The number of benzene rings is 1. The molecular weight excluding hydrogens is 238 g/mol. The Morgan fingerprint density at radius 2 is 2.39 bits per heavy atom. The maximum absolute atomic E-state index is 11.5. The molecule has 6 heteroatoms. The number of carboxylic acids is 1. The number of carbonyl (C=O) groups excluding carboxylic acids is 1. The third-order valence-electron chi connectivity index (χ3n) is 2.76. The molecule has 1 fully saturated rings. The van der Waals surface area contributed by atoms with Crippen molar-refractivity contribution < 1.29 is 24.2 Å². The average Bonchev–Trinajstić information content (AvgIpc) is 2.71. The third kappa shape index (κ3) is 2.37. The van der Waals surface area contributed by atoms with Crippen LogP contribution < -0.4 is 4.74 Å². The van der Waals surface area contributed by atoms with Crippen LogP contribution in [-0.4, -0.2) is 42.3 Å². The van der Waals surface area contributed by atoms with Crippen LogP contribution in [0.25, 0.3) is 0 Å². The predicted octanol–water partition coefficient (Wildman–Crippen LogP) is 1.27. The minimum Gasteiger partial charge on any atom is -0.497 e. The topological polar surface area (TPSA) is 76.1 Å². The summed E-state index contributed by atoms with van der Waals surface area (Å²) in [7, 11) is 1.55. The fourth-order valence-corrected chi connectivity index (χ4v) is 1.90. The molecule has 0 bridgehead atoms. The van der Waals surface area contributed by atoms with E-state index >= 15 is 0 Å².